The van der Waals surface area contributed by atoms with Gasteiger partial charge in [0.1, 0.15) is 16.4 Å². The first-order valence-electron chi connectivity index (χ1n) is 10.2. The highest BCUT2D eigenvalue weighted by Crippen LogP contribution is 2.26. The van der Waals surface area contributed by atoms with E-state index in [9.17, 15) is 13.2 Å². The molecule has 0 atom stereocenters. The SMILES string of the molecule is CCOc1ccc(CN(C)C(=O)c2ccc(Cl)c(S(=O)(=O)Nc3ccc(OC)cc3)c2)cc1. The summed E-state index contributed by atoms with van der Waals surface area (Å²) in [7, 11) is -0.850. The fourth-order valence-corrected chi connectivity index (χ4v) is 4.72. The normalized spacial score (nSPS) is 11.0. The van der Waals surface area contributed by atoms with Crippen molar-refractivity contribution < 1.29 is 22.7 Å². The molecule has 0 radical (unpaired) electrons. The molecule has 3 rings (SSSR count). The van der Waals surface area contributed by atoms with Gasteiger partial charge >= 0.3 is 0 Å². The lowest BCUT2D eigenvalue weighted by Crippen LogP contribution is -2.26. The lowest BCUT2D eigenvalue weighted by atomic mass is 10.1. The van der Waals surface area contributed by atoms with Gasteiger partial charge in [-0.1, -0.05) is 23.7 Å². The van der Waals surface area contributed by atoms with Crippen molar-refractivity contribution in [2.24, 2.45) is 0 Å². The van der Waals surface area contributed by atoms with E-state index in [1.165, 1.54) is 30.2 Å². The van der Waals surface area contributed by atoms with Crippen LogP contribution in [-0.4, -0.2) is 40.0 Å². The van der Waals surface area contributed by atoms with Gasteiger partial charge in [0.25, 0.3) is 15.9 Å². The van der Waals surface area contributed by atoms with Gasteiger partial charge < -0.3 is 14.4 Å². The van der Waals surface area contributed by atoms with Crippen molar-refractivity contribution in [1.29, 1.82) is 0 Å². The smallest absolute Gasteiger partial charge is 0.263 e. The van der Waals surface area contributed by atoms with E-state index in [0.717, 1.165) is 11.3 Å². The zero-order valence-corrected chi connectivity index (χ0v) is 20.1. The predicted octanol–water partition coefficient (Wildman–Crippen LogP) is 4.82. The van der Waals surface area contributed by atoms with E-state index in [1.54, 1.807) is 31.3 Å². The molecule has 33 heavy (non-hydrogen) atoms. The number of hydrogen-bond donors (Lipinski definition) is 1. The number of anilines is 1. The molecule has 0 saturated carbocycles. The van der Waals surface area contributed by atoms with Crippen LogP contribution in [0, 0.1) is 0 Å². The van der Waals surface area contributed by atoms with Gasteiger partial charge in [0, 0.05) is 24.8 Å². The van der Waals surface area contributed by atoms with Gasteiger partial charge in [-0.2, -0.15) is 0 Å². The number of carbonyl (C=O) groups is 1. The third-order valence-corrected chi connectivity index (χ3v) is 6.67. The van der Waals surface area contributed by atoms with Gasteiger partial charge in [-0.3, -0.25) is 9.52 Å². The summed E-state index contributed by atoms with van der Waals surface area (Å²) in [6.07, 6.45) is 0. The third-order valence-electron chi connectivity index (χ3n) is 4.81. The summed E-state index contributed by atoms with van der Waals surface area (Å²) in [5.41, 5.74) is 1.47. The van der Waals surface area contributed by atoms with Crippen LogP contribution in [0.4, 0.5) is 5.69 Å². The fourth-order valence-electron chi connectivity index (χ4n) is 3.14. The Morgan fingerprint density at radius 2 is 1.64 bits per heavy atom. The van der Waals surface area contributed by atoms with Gasteiger partial charge in [-0.15, -0.1) is 0 Å². The number of hydrogen-bond acceptors (Lipinski definition) is 5. The minimum Gasteiger partial charge on any atom is -0.497 e. The quantitative estimate of drug-likeness (QED) is 0.466. The molecule has 0 unspecified atom stereocenters. The van der Waals surface area contributed by atoms with Crippen LogP contribution < -0.4 is 14.2 Å². The maximum atomic E-state index is 13.0. The van der Waals surface area contributed by atoms with Crippen molar-refractivity contribution in [2.75, 3.05) is 25.5 Å². The zero-order chi connectivity index (χ0) is 24.0. The first kappa shape index (κ1) is 24.4. The number of benzene rings is 3. The Kier molecular flexibility index (Phi) is 7.84. The molecule has 1 amide bonds. The predicted molar refractivity (Wildman–Crippen MR) is 129 cm³/mol. The monoisotopic (exact) mass is 488 g/mol. The summed E-state index contributed by atoms with van der Waals surface area (Å²) >= 11 is 6.17. The minimum absolute atomic E-state index is 0.0155. The molecule has 0 bridgehead atoms. The van der Waals surface area contributed by atoms with Crippen LogP contribution >= 0.6 is 11.6 Å². The second-order valence-electron chi connectivity index (χ2n) is 7.22. The Hall–Kier alpha value is -3.23. The molecule has 0 aliphatic carbocycles. The van der Waals surface area contributed by atoms with Crippen LogP contribution in [0.25, 0.3) is 0 Å². The van der Waals surface area contributed by atoms with E-state index in [-0.39, 0.29) is 21.4 Å². The van der Waals surface area contributed by atoms with Gasteiger partial charge in [0.2, 0.25) is 0 Å². The summed E-state index contributed by atoms with van der Waals surface area (Å²) < 4.78 is 38.9. The van der Waals surface area contributed by atoms with Gasteiger partial charge in [-0.25, -0.2) is 8.42 Å². The maximum Gasteiger partial charge on any atom is 0.263 e. The summed E-state index contributed by atoms with van der Waals surface area (Å²) in [5.74, 6) is 1.02. The third kappa shape index (κ3) is 6.18. The Morgan fingerprint density at radius 1 is 1.00 bits per heavy atom. The number of sulfonamides is 1. The van der Waals surface area contributed by atoms with E-state index in [2.05, 4.69) is 4.72 Å². The second-order valence-corrected chi connectivity index (χ2v) is 9.28. The van der Waals surface area contributed by atoms with Crippen LogP contribution in [0.2, 0.25) is 5.02 Å². The van der Waals surface area contributed by atoms with Gasteiger partial charge in [0.15, 0.2) is 0 Å². The molecule has 174 valence electrons. The molecule has 3 aromatic rings. The van der Waals surface area contributed by atoms with Gasteiger partial charge in [0.05, 0.1) is 18.7 Å². The van der Waals surface area contributed by atoms with E-state index < -0.39 is 10.0 Å². The number of amides is 1. The number of rotatable bonds is 9. The van der Waals surface area contributed by atoms with Gasteiger partial charge in [-0.05, 0) is 67.1 Å². The topological polar surface area (TPSA) is 84.9 Å². The van der Waals surface area contributed by atoms with Crippen LogP contribution in [0.1, 0.15) is 22.8 Å². The van der Waals surface area contributed by atoms with Crippen LogP contribution in [0.3, 0.4) is 0 Å². The van der Waals surface area contributed by atoms with Crippen molar-refractivity contribution in [3.8, 4) is 11.5 Å². The molecular weight excluding hydrogens is 464 g/mol. The Labute approximate surface area is 198 Å². The maximum absolute atomic E-state index is 13.0. The largest absolute Gasteiger partial charge is 0.497 e. The number of nitrogens with zero attached hydrogens (tertiary/aromatic N) is 1. The first-order valence-corrected chi connectivity index (χ1v) is 12.0. The molecular formula is C24H25ClN2O5S. The highest BCUT2D eigenvalue weighted by Gasteiger charge is 2.22. The number of carbonyl (C=O) groups excluding carboxylic acids is 1. The summed E-state index contributed by atoms with van der Waals surface area (Å²) in [6.45, 7) is 2.83. The molecule has 0 heterocycles. The standard InChI is InChI=1S/C24H25ClN2O5S/c1-4-32-21-10-5-17(6-11-21)16-27(2)24(28)18-7-14-22(25)23(15-18)33(29,30)26-19-8-12-20(31-3)13-9-19/h5-15,26H,4,16H2,1-3H3. The summed E-state index contributed by atoms with van der Waals surface area (Å²) in [4.78, 5) is 14.3. The first-order chi connectivity index (χ1) is 15.7. The summed E-state index contributed by atoms with van der Waals surface area (Å²) in [5, 5.41) is 0.0155. The molecule has 1 N–H and O–H groups in total. The molecule has 0 fully saturated rings. The minimum atomic E-state index is -4.02. The molecule has 9 heteroatoms. The second kappa shape index (κ2) is 10.6. The van der Waals surface area contributed by atoms with Crippen molar-refractivity contribution in [2.45, 2.75) is 18.4 Å². The van der Waals surface area contributed by atoms with Crippen molar-refractivity contribution >= 4 is 33.2 Å². The average Bonchev–Trinajstić information content (AvgIpc) is 2.80. The molecule has 0 aliphatic rings. The fraction of sp³-hybridized carbons (Fsp3) is 0.208. The molecule has 0 spiro atoms. The van der Waals surface area contributed by atoms with E-state index in [0.29, 0.717) is 24.6 Å². The molecule has 0 aromatic heterocycles. The van der Waals surface area contributed by atoms with Crippen molar-refractivity contribution in [1.82, 2.24) is 4.90 Å². The number of nitrogens with one attached hydrogen (secondary N) is 1. The van der Waals surface area contributed by atoms with Crippen LogP contribution in [0.5, 0.6) is 11.5 Å². The number of ether oxygens (including phenoxy) is 2. The van der Waals surface area contributed by atoms with E-state index in [1.807, 2.05) is 31.2 Å². The molecule has 0 saturated heterocycles. The Balaban J connectivity index is 1.78. The highest BCUT2D eigenvalue weighted by molar-refractivity contribution is 7.92. The molecule has 7 nitrogen and oxygen atoms in total. The lowest BCUT2D eigenvalue weighted by Gasteiger charge is -2.18. The van der Waals surface area contributed by atoms with E-state index in [4.69, 9.17) is 21.1 Å². The highest BCUT2D eigenvalue weighted by atomic mass is 35.5. The molecule has 0 aliphatic heterocycles. The summed E-state index contributed by atoms with van der Waals surface area (Å²) in [6, 6.07) is 18.1. The Morgan fingerprint density at radius 3 is 2.24 bits per heavy atom. The number of halogens is 1. The van der Waals surface area contributed by atoms with Crippen molar-refractivity contribution in [3.63, 3.8) is 0 Å². The number of methoxy groups -OCH3 is 1. The average molecular weight is 489 g/mol. The van der Waals surface area contributed by atoms with Crippen LogP contribution in [-0.2, 0) is 16.6 Å². The Bertz CT molecular complexity index is 1210. The van der Waals surface area contributed by atoms with E-state index >= 15 is 0 Å². The van der Waals surface area contributed by atoms with Crippen LogP contribution in [0.15, 0.2) is 71.6 Å². The lowest BCUT2D eigenvalue weighted by molar-refractivity contribution is 0.0785. The zero-order valence-electron chi connectivity index (χ0n) is 18.5. The molecule has 3 aromatic carbocycles. The van der Waals surface area contributed by atoms with Crippen molar-refractivity contribution in [3.05, 3.63) is 82.9 Å².